The van der Waals surface area contributed by atoms with Gasteiger partial charge in [-0.25, -0.2) is 0 Å². The first kappa shape index (κ1) is 22.8. The number of rotatable bonds is 7. The van der Waals surface area contributed by atoms with Gasteiger partial charge in [-0.05, 0) is 30.4 Å². The van der Waals surface area contributed by atoms with Gasteiger partial charge in [0.05, 0.1) is 18.8 Å². The lowest BCUT2D eigenvalue weighted by molar-refractivity contribution is -0.0502. The van der Waals surface area contributed by atoms with Crippen molar-refractivity contribution in [3.63, 3.8) is 0 Å². The van der Waals surface area contributed by atoms with Gasteiger partial charge in [-0.3, -0.25) is 9.89 Å². The van der Waals surface area contributed by atoms with Crippen LogP contribution in [0.5, 0.6) is 0 Å². The maximum absolute atomic E-state index is 6.08. The summed E-state index contributed by atoms with van der Waals surface area (Å²) >= 11 is 1.92. The molecule has 0 saturated carbocycles. The predicted octanol–water partition coefficient (Wildman–Crippen LogP) is 2.91. The second-order valence-electron chi connectivity index (χ2n) is 7.01. The molecule has 0 amide bonds. The zero-order chi connectivity index (χ0) is 18.2. The molecule has 0 spiro atoms. The number of ether oxygens (including phenoxy) is 1. The number of halogens is 1. The van der Waals surface area contributed by atoms with Gasteiger partial charge in [0.2, 0.25) is 0 Å². The quantitative estimate of drug-likeness (QED) is 0.268. The maximum atomic E-state index is 6.08. The highest BCUT2D eigenvalue weighted by atomic mass is 127. The van der Waals surface area contributed by atoms with Crippen molar-refractivity contribution in [2.75, 3.05) is 51.8 Å². The third kappa shape index (κ3) is 6.51. The molecule has 0 bridgehead atoms. The summed E-state index contributed by atoms with van der Waals surface area (Å²) in [6.45, 7) is 5.74. The first-order chi connectivity index (χ1) is 12.8. The van der Waals surface area contributed by atoms with Crippen molar-refractivity contribution in [2.24, 2.45) is 4.99 Å². The fourth-order valence-electron chi connectivity index (χ4n) is 3.85. The van der Waals surface area contributed by atoms with E-state index in [0.717, 1.165) is 45.3 Å². The number of thioether (sulfide) groups is 1. The highest BCUT2D eigenvalue weighted by molar-refractivity contribution is 14.0. The standard InChI is InChI=1S/C20H32N4OS.HI/c1-21-20(22-10-6-7-13-26-2)24-15-18-19(16-24)25-12-11-23(18)14-17-8-4-3-5-9-17;/h3-5,8-9,18-19H,6-7,10-16H2,1-2H3,(H,21,22);1H. The monoisotopic (exact) mass is 504 g/mol. The Morgan fingerprint density at radius 1 is 1.26 bits per heavy atom. The summed E-state index contributed by atoms with van der Waals surface area (Å²) in [4.78, 5) is 9.45. The number of hydrogen-bond acceptors (Lipinski definition) is 4. The van der Waals surface area contributed by atoms with Crippen molar-refractivity contribution in [3.8, 4) is 0 Å². The lowest BCUT2D eigenvalue weighted by Crippen LogP contribution is -2.50. The van der Waals surface area contributed by atoms with Gasteiger partial charge < -0.3 is 15.0 Å². The van der Waals surface area contributed by atoms with Crippen LogP contribution in [0.2, 0.25) is 0 Å². The third-order valence-corrected chi connectivity index (χ3v) is 5.91. The first-order valence-corrected chi connectivity index (χ1v) is 11.1. The van der Waals surface area contributed by atoms with E-state index in [-0.39, 0.29) is 30.1 Å². The average molecular weight is 504 g/mol. The van der Waals surface area contributed by atoms with Gasteiger partial charge in [0, 0.05) is 39.8 Å². The Hall–Kier alpha value is -0.510. The number of nitrogens with one attached hydrogen (secondary N) is 1. The predicted molar refractivity (Wildman–Crippen MR) is 126 cm³/mol. The fourth-order valence-corrected chi connectivity index (χ4v) is 4.34. The van der Waals surface area contributed by atoms with Crippen molar-refractivity contribution in [1.29, 1.82) is 0 Å². The van der Waals surface area contributed by atoms with Crippen LogP contribution in [0.3, 0.4) is 0 Å². The van der Waals surface area contributed by atoms with E-state index in [0.29, 0.717) is 6.04 Å². The van der Waals surface area contributed by atoms with Gasteiger partial charge in [-0.1, -0.05) is 30.3 Å². The van der Waals surface area contributed by atoms with Crippen LogP contribution in [0, 0.1) is 0 Å². The number of unbranched alkanes of at least 4 members (excludes halogenated alkanes) is 1. The van der Waals surface area contributed by atoms with Gasteiger partial charge >= 0.3 is 0 Å². The van der Waals surface area contributed by atoms with Crippen molar-refractivity contribution in [3.05, 3.63) is 35.9 Å². The van der Waals surface area contributed by atoms with Crippen LogP contribution in [-0.2, 0) is 11.3 Å². The molecule has 0 radical (unpaired) electrons. The van der Waals surface area contributed by atoms with Gasteiger partial charge in [0.15, 0.2) is 5.96 Å². The van der Waals surface area contributed by atoms with Crippen LogP contribution < -0.4 is 5.32 Å². The number of morpholine rings is 1. The molecule has 2 atom stereocenters. The first-order valence-electron chi connectivity index (χ1n) is 9.66. The number of nitrogens with zero attached hydrogens (tertiary/aromatic N) is 3. The molecule has 3 rings (SSSR count). The minimum absolute atomic E-state index is 0. The molecule has 2 heterocycles. The fraction of sp³-hybridized carbons (Fsp3) is 0.650. The van der Waals surface area contributed by atoms with Gasteiger partial charge in [-0.2, -0.15) is 11.8 Å². The zero-order valence-electron chi connectivity index (χ0n) is 16.5. The maximum Gasteiger partial charge on any atom is 0.193 e. The molecule has 2 aliphatic heterocycles. The Bertz CT molecular complexity index is 574. The van der Waals surface area contributed by atoms with E-state index in [1.54, 1.807) is 0 Å². The van der Waals surface area contributed by atoms with E-state index in [4.69, 9.17) is 4.74 Å². The summed E-state index contributed by atoms with van der Waals surface area (Å²) in [5.41, 5.74) is 1.38. The topological polar surface area (TPSA) is 40.1 Å². The van der Waals surface area contributed by atoms with Gasteiger partial charge in [-0.15, -0.1) is 24.0 Å². The molecule has 7 heteroatoms. The second-order valence-corrected chi connectivity index (χ2v) is 8.00. The Balaban J connectivity index is 0.00000261. The number of likely N-dealkylation sites (tertiary alicyclic amines) is 1. The van der Waals surface area contributed by atoms with Crippen molar-refractivity contribution >= 4 is 41.7 Å². The number of guanidine groups is 1. The second kappa shape index (κ2) is 12.1. The molecule has 1 aromatic carbocycles. The molecular weight excluding hydrogens is 471 g/mol. The SMILES string of the molecule is CN=C(NCCCCSC)N1CC2OCCN(Cc3ccccc3)C2C1.I. The largest absolute Gasteiger partial charge is 0.373 e. The summed E-state index contributed by atoms with van der Waals surface area (Å²) in [7, 11) is 1.88. The Morgan fingerprint density at radius 2 is 2.07 bits per heavy atom. The number of aliphatic imine (C=N–C) groups is 1. The molecule has 2 saturated heterocycles. The Labute approximate surface area is 185 Å². The molecule has 0 aromatic heterocycles. The molecule has 27 heavy (non-hydrogen) atoms. The van der Waals surface area contributed by atoms with E-state index >= 15 is 0 Å². The third-order valence-electron chi connectivity index (χ3n) is 5.21. The van der Waals surface area contributed by atoms with Crippen LogP contribution in [0.15, 0.2) is 35.3 Å². The van der Waals surface area contributed by atoms with Crippen LogP contribution >= 0.6 is 35.7 Å². The minimum Gasteiger partial charge on any atom is -0.373 e. The van der Waals surface area contributed by atoms with E-state index < -0.39 is 0 Å². The molecule has 1 N–H and O–H groups in total. The van der Waals surface area contributed by atoms with Crippen LogP contribution in [-0.4, -0.2) is 79.7 Å². The van der Waals surface area contributed by atoms with Crippen LogP contribution in [0.25, 0.3) is 0 Å². The lowest BCUT2D eigenvalue weighted by atomic mass is 10.1. The average Bonchev–Trinajstić information content (AvgIpc) is 3.11. The molecule has 2 fully saturated rings. The zero-order valence-corrected chi connectivity index (χ0v) is 19.6. The molecular formula is C20H33IN4OS. The highest BCUT2D eigenvalue weighted by Gasteiger charge is 2.41. The molecule has 2 aliphatic rings. The summed E-state index contributed by atoms with van der Waals surface area (Å²) in [6.07, 6.45) is 4.89. The van der Waals surface area contributed by atoms with Gasteiger partial charge in [0.25, 0.3) is 0 Å². The summed E-state index contributed by atoms with van der Waals surface area (Å²) in [6, 6.07) is 11.2. The van der Waals surface area contributed by atoms with Crippen molar-refractivity contribution < 1.29 is 4.74 Å². The highest BCUT2D eigenvalue weighted by Crippen LogP contribution is 2.24. The molecule has 152 valence electrons. The molecule has 1 aromatic rings. The Morgan fingerprint density at radius 3 is 2.81 bits per heavy atom. The molecule has 2 unspecified atom stereocenters. The summed E-state index contributed by atoms with van der Waals surface area (Å²) in [5, 5.41) is 3.54. The molecule has 5 nitrogen and oxygen atoms in total. The normalized spacial score (nSPS) is 23.0. The van der Waals surface area contributed by atoms with Crippen molar-refractivity contribution in [2.45, 2.75) is 31.5 Å². The smallest absolute Gasteiger partial charge is 0.193 e. The van der Waals surface area contributed by atoms with E-state index in [1.807, 2.05) is 18.8 Å². The minimum atomic E-state index is 0. The van der Waals surface area contributed by atoms with E-state index in [2.05, 4.69) is 56.7 Å². The number of fused-ring (bicyclic) bond motifs is 1. The summed E-state index contributed by atoms with van der Waals surface area (Å²) < 4.78 is 6.08. The Kier molecular flexibility index (Phi) is 10.2. The van der Waals surface area contributed by atoms with Crippen molar-refractivity contribution in [1.82, 2.24) is 15.1 Å². The van der Waals surface area contributed by atoms with Gasteiger partial charge in [0.1, 0.15) is 0 Å². The molecule has 0 aliphatic carbocycles. The van der Waals surface area contributed by atoms with Crippen LogP contribution in [0.4, 0.5) is 0 Å². The number of benzene rings is 1. The van der Waals surface area contributed by atoms with E-state index in [1.165, 1.54) is 24.2 Å². The lowest BCUT2D eigenvalue weighted by Gasteiger charge is -2.36. The summed E-state index contributed by atoms with van der Waals surface area (Å²) in [5.74, 6) is 2.25. The van der Waals surface area contributed by atoms with Crippen LogP contribution in [0.1, 0.15) is 18.4 Å². The number of hydrogen-bond donors (Lipinski definition) is 1. The van der Waals surface area contributed by atoms with E-state index in [9.17, 15) is 0 Å².